The molecule has 37 heavy (non-hydrogen) atoms. The van der Waals surface area contributed by atoms with Crippen LogP contribution in [0.4, 0.5) is 0 Å². The topological polar surface area (TPSA) is 69.6 Å². The van der Waals surface area contributed by atoms with Gasteiger partial charge in [0.2, 0.25) is 5.91 Å². The fraction of sp³-hybridized carbons (Fsp3) is 0.250. The highest BCUT2D eigenvalue weighted by Gasteiger charge is 2.44. The number of benzene rings is 4. The lowest BCUT2D eigenvalue weighted by molar-refractivity contribution is -0.143. The van der Waals surface area contributed by atoms with Crippen LogP contribution in [0.15, 0.2) is 103 Å². The Morgan fingerprint density at radius 1 is 0.784 bits per heavy atom. The fourth-order valence-corrected chi connectivity index (χ4v) is 5.41. The van der Waals surface area contributed by atoms with Crippen LogP contribution in [0.25, 0.3) is 10.8 Å². The van der Waals surface area contributed by atoms with E-state index >= 15 is 0 Å². The van der Waals surface area contributed by atoms with E-state index in [1.54, 1.807) is 0 Å². The minimum atomic E-state index is -1.02. The standard InChI is InChI=1S/C32H32N2O3/c35-30(36)29(21-24-9-3-1-4-10-24)33-31(37)32(28-16-15-26-13-7-8-14-27(26)22-28)17-19-34(20-18-32)23-25-11-5-2-6-12-25/h1-16,22,29H,17-21,23H2,(H,33,37)(H,35,36)/t29-/m0/s1. The van der Waals surface area contributed by atoms with Crippen LogP contribution in [-0.2, 0) is 28.0 Å². The Balaban J connectivity index is 1.42. The van der Waals surface area contributed by atoms with E-state index in [0.29, 0.717) is 12.8 Å². The van der Waals surface area contributed by atoms with E-state index in [9.17, 15) is 14.7 Å². The molecule has 1 aliphatic heterocycles. The Morgan fingerprint density at radius 3 is 2.03 bits per heavy atom. The zero-order valence-corrected chi connectivity index (χ0v) is 20.8. The van der Waals surface area contributed by atoms with E-state index in [1.807, 2.05) is 66.7 Å². The fourth-order valence-electron chi connectivity index (χ4n) is 5.41. The molecule has 5 heteroatoms. The van der Waals surface area contributed by atoms with Crippen molar-refractivity contribution in [1.82, 2.24) is 10.2 Å². The van der Waals surface area contributed by atoms with E-state index in [4.69, 9.17) is 0 Å². The predicted molar refractivity (Wildman–Crippen MR) is 146 cm³/mol. The molecule has 0 radical (unpaired) electrons. The SMILES string of the molecule is O=C(O)[C@H](Cc1ccccc1)NC(=O)C1(c2ccc3ccccc3c2)CCN(Cc2ccccc2)CC1. The van der Waals surface area contributed by atoms with E-state index in [0.717, 1.165) is 41.5 Å². The third-order valence-electron chi connectivity index (χ3n) is 7.58. The molecular formula is C32H32N2O3. The molecule has 1 saturated heterocycles. The maximum Gasteiger partial charge on any atom is 0.326 e. The van der Waals surface area contributed by atoms with Crippen LogP contribution in [-0.4, -0.2) is 41.0 Å². The quantitative estimate of drug-likeness (QED) is 0.355. The minimum Gasteiger partial charge on any atom is -0.480 e. The number of carboxylic acids is 1. The highest BCUT2D eigenvalue weighted by Crippen LogP contribution is 2.38. The summed E-state index contributed by atoms with van der Waals surface area (Å²) in [6, 6.07) is 33.2. The van der Waals surface area contributed by atoms with Gasteiger partial charge in [0.05, 0.1) is 5.41 Å². The summed E-state index contributed by atoms with van der Waals surface area (Å²) in [5.74, 6) is -1.22. The summed E-state index contributed by atoms with van der Waals surface area (Å²) in [5.41, 5.74) is 2.29. The molecule has 0 saturated carbocycles. The summed E-state index contributed by atoms with van der Waals surface area (Å²) in [7, 11) is 0. The lowest BCUT2D eigenvalue weighted by atomic mass is 9.71. The summed E-state index contributed by atoms with van der Waals surface area (Å²) in [5, 5.41) is 15.1. The molecule has 4 aromatic carbocycles. The van der Waals surface area contributed by atoms with Crippen LogP contribution >= 0.6 is 0 Å². The Labute approximate surface area is 217 Å². The van der Waals surface area contributed by atoms with Crippen molar-refractivity contribution in [3.8, 4) is 0 Å². The third-order valence-corrected chi connectivity index (χ3v) is 7.58. The molecule has 1 atom stereocenters. The summed E-state index contributed by atoms with van der Waals surface area (Å²) >= 11 is 0. The van der Waals surface area contributed by atoms with Crippen LogP contribution in [0.3, 0.4) is 0 Å². The van der Waals surface area contributed by atoms with Crippen molar-refractivity contribution in [3.63, 3.8) is 0 Å². The summed E-state index contributed by atoms with van der Waals surface area (Å²) < 4.78 is 0. The lowest BCUT2D eigenvalue weighted by Crippen LogP contribution is -2.55. The summed E-state index contributed by atoms with van der Waals surface area (Å²) in [6.45, 7) is 2.35. The van der Waals surface area contributed by atoms with Crippen molar-refractivity contribution in [3.05, 3.63) is 120 Å². The summed E-state index contributed by atoms with van der Waals surface area (Å²) in [4.78, 5) is 28.6. The van der Waals surface area contributed by atoms with E-state index in [1.165, 1.54) is 5.56 Å². The molecule has 188 valence electrons. The molecule has 4 aromatic rings. The van der Waals surface area contributed by atoms with Crippen LogP contribution in [0, 0.1) is 0 Å². The summed E-state index contributed by atoms with van der Waals surface area (Å²) in [6.07, 6.45) is 1.50. The second-order valence-corrected chi connectivity index (χ2v) is 9.96. The number of rotatable bonds is 8. The number of likely N-dealkylation sites (tertiary alicyclic amines) is 1. The molecule has 1 fully saturated rings. The zero-order chi connectivity index (χ0) is 25.7. The zero-order valence-electron chi connectivity index (χ0n) is 20.8. The first-order valence-electron chi connectivity index (χ1n) is 12.9. The molecule has 0 bridgehead atoms. The minimum absolute atomic E-state index is 0.203. The number of fused-ring (bicyclic) bond motifs is 1. The van der Waals surface area contributed by atoms with Crippen LogP contribution < -0.4 is 5.32 Å². The Kier molecular flexibility index (Phi) is 7.33. The number of aliphatic carboxylic acids is 1. The second-order valence-electron chi connectivity index (χ2n) is 9.96. The smallest absolute Gasteiger partial charge is 0.326 e. The molecule has 0 aliphatic carbocycles. The maximum absolute atomic E-state index is 14.0. The normalized spacial score (nSPS) is 16.2. The van der Waals surface area contributed by atoms with Gasteiger partial charge in [-0.15, -0.1) is 0 Å². The van der Waals surface area contributed by atoms with Gasteiger partial charge in [0.25, 0.3) is 0 Å². The van der Waals surface area contributed by atoms with Crippen molar-refractivity contribution in [1.29, 1.82) is 0 Å². The van der Waals surface area contributed by atoms with Gasteiger partial charge in [0, 0.05) is 13.0 Å². The van der Waals surface area contributed by atoms with Gasteiger partial charge < -0.3 is 10.4 Å². The first-order valence-corrected chi connectivity index (χ1v) is 12.9. The van der Waals surface area contributed by atoms with Crippen LogP contribution in [0.2, 0.25) is 0 Å². The van der Waals surface area contributed by atoms with Gasteiger partial charge in [-0.1, -0.05) is 103 Å². The van der Waals surface area contributed by atoms with Gasteiger partial charge in [-0.25, -0.2) is 4.79 Å². The lowest BCUT2D eigenvalue weighted by Gasteiger charge is -2.41. The number of nitrogens with one attached hydrogen (secondary N) is 1. The average molecular weight is 493 g/mol. The maximum atomic E-state index is 14.0. The van der Waals surface area contributed by atoms with Gasteiger partial charge in [-0.2, -0.15) is 0 Å². The molecule has 0 aromatic heterocycles. The highest BCUT2D eigenvalue weighted by atomic mass is 16.4. The number of piperidine rings is 1. The number of hydrogen-bond donors (Lipinski definition) is 2. The molecule has 0 unspecified atom stereocenters. The molecule has 1 amide bonds. The number of carbonyl (C=O) groups excluding carboxylic acids is 1. The Hall–Kier alpha value is -3.96. The molecule has 5 nitrogen and oxygen atoms in total. The van der Waals surface area contributed by atoms with Gasteiger partial charge in [-0.05, 0) is 53.4 Å². The largest absolute Gasteiger partial charge is 0.480 e. The highest BCUT2D eigenvalue weighted by molar-refractivity contribution is 5.93. The number of carboxylic acid groups (broad SMARTS) is 1. The molecule has 1 aliphatic rings. The van der Waals surface area contributed by atoms with Crippen molar-refractivity contribution >= 4 is 22.6 Å². The van der Waals surface area contributed by atoms with E-state index < -0.39 is 17.4 Å². The molecule has 2 N–H and O–H groups in total. The van der Waals surface area contributed by atoms with Crippen LogP contribution in [0.5, 0.6) is 0 Å². The van der Waals surface area contributed by atoms with E-state index in [-0.39, 0.29) is 12.3 Å². The number of nitrogens with zero attached hydrogens (tertiary/aromatic N) is 1. The molecule has 1 heterocycles. The Bertz CT molecular complexity index is 1360. The number of carbonyl (C=O) groups is 2. The van der Waals surface area contributed by atoms with Gasteiger partial charge in [0.15, 0.2) is 0 Å². The third kappa shape index (κ3) is 5.57. The average Bonchev–Trinajstić information content (AvgIpc) is 2.94. The van der Waals surface area contributed by atoms with Crippen molar-refractivity contribution < 1.29 is 14.7 Å². The van der Waals surface area contributed by atoms with Crippen molar-refractivity contribution in [2.45, 2.75) is 37.3 Å². The molecule has 5 rings (SSSR count). The van der Waals surface area contributed by atoms with Crippen molar-refractivity contribution in [2.24, 2.45) is 0 Å². The van der Waals surface area contributed by atoms with Crippen LogP contribution in [0.1, 0.15) is 29.5 Å². The molecule has 0 spiro atoms. The number of amides is 1. The van der Waals surface area contributed by atoms with Gasteiger partial charge in [-0.3, -0.25) is 9.69 Å². The van der Waals surface area contributed by atoms with E-state index in [2.05, 4.69) is 46.6 Å². The van der Waals surface area contributed by atoms with Gasteiger partial charge in [0.1, 0.15) is 6.04 Å². The predicted octanol–water partition coefficient (Wildman–Crippen LogP) is 5.19. The molecular weight excluding hydrogens is 460 g/mol. The monoisotopic (exact) mass is 492 g/mol. The first kappa shape index (κ1) is 24.7. The Morgan fingerprint density at radius 2 is 1.38 bits per heavy atom. The number of hydrogen-bond acceptors (Lipinski definition) is 3. The second kappa shape index (κ2) is 11.0. The van der Waals surface area contributed by atoms with Gasteiger partial charge >= 0.3 is 5.97 Å². The first-order chi connectivity index (χ1) is 18.0. The van der Waals surface area contributed by atoms with Crippen molar-refractivity contribution in [2.75, 3.05) is 13.1 Å².